The van der Waals surface area contributed by atoms with Gasteiger partial charge >= 0.3 is 0 Å². The van der Waals surface area contributed by atoms with Gasteiger partial charge in [0.15, 0.2) is 0 Å². The first-order valence-corrected chi connectivity index (χ1v) is 11.3. The minimum Gasteiger partial charge on any atom is -0.497 e. The molecule has 1 fully saturated rings. The van der Waals surface area contributed by atoms with Crippen LogP contribution in [0, 0.1) is 6.92 Å². The van der Waals surface area contributed by atoms with Crippen LogP contribution in [0.4, 0.5) is 11.4 Å². The second-order valence-electron chi connectivity index (χ2n) is 7.44. The van der Waals surface area contributed by atoms with Crippen LogP contribution < -0.4 is 20.3 Å². The average molecular weight is 428 g/mol. The Balaban J connectivity index is 1.33. The number of hydrogen-bond donors (Lipinski definition) is 2. The molecule has 0 aliphatic carbocycles. The quantitative estimate of drug-likeness (QED) is 0.675. The van der Waals surface area contributed by atoms with Crippen LogP contribution in [0.25, 0.3) is 0 Å². The predicted molar refractivity (Wildman–Crippen MR) is 124 cm³/mol. The van der Waals surface area contributed by atoms with Crippen molar-refractivity contribution in [2.75, 3.05) is 41.9 Å². The molecule has 1 aliphatic heterocycles. The first kappa shape index (κ1) is 22.0. The highest BCUT2D eigenvalue weighted by Gasteiger charge is 2.21. The zero-order chi connectivity index (χ0) is 21.3. The number of nitrogens with one attached hydrogen (secondary N) is 2. The van der Waals surface area contributed by atoms with Crippen molar-refractivity contribution in [1.29, 1.82) is 0 Å². The Morgan fingerprint density at radius 2 is 1.77 bits per heavy atom. The highest BCUT2D eigenvalue weighted by atomic mass is 32.2. The fraction of sp³-hybridized carbons (Fsp3) is 0.391. The van der Waals surface area contributed by atoms with E-state index in [1.54, 1.807) is 7.11 Å². The van der Waals surface area contributed by atoms with E-state index in [1.165, 1.54) is 17.4 Å². The van der Waals surface area contributed by atoms with Crippen molar-refractivity contribution in [3.8, 4) is 5.75 Å². The maximum Gasteiger partial charge on any atom is 0.234 e. The van der Waals surface area contributed by atoms with Crippen molar-refractivity contribution >= 4 is 35.0 Å². The standard InChI is InChI=1S/C23H29N3O3S/c1-17-4-3-5-19(14-17)25-23(28)16-30-15-22(27)24-18-10-12-26(13-11-18)20-6-8-21(29-2)9-7-20/h3-9,14,18H,10-13,15-16H2,1-2H3,(H,24,27)(H,25,28). The summed E-state index contributed by atoms with van der Waals surface area (Å²) >= 11 is 1.34. The van der Waals surface area contributed by atoms with E-state index in [2.05, 4.69) is 27.7 Å². The second-order valence-corrected chi connectivity index (χ2v) is 8.42. The minimum absolute atomic E-state index is 0.00810. The number of anilines is 2. The van der Waals surface area contributed by atoms with Crippen molar-refractivity contribution in [3.63, 3.8) is 0 Å². The lowest BCUT2D eigenvalue weighted by molar-refractivity contribution is -0.119. The Hall–Kier alpha value is -2.67. The van der Waals surface area contributed by atoms with Gasteiger partial charge in [0, 0.05) is 30.5 Å². The molecular formula is C23H29N3O3S. The molecule has 160 valence electrons. The molecule has 1 heterocycles. The number of methoxy groups -OCH3 is 1. The van der Waals surface area contributed by atoms with Crippen molar-refractivity contribution in [2.24, 2.45) is 0 Å². The van der Waals surface area contributed by atoms with Crippen LogP contribution in [0.2, 0.25) is 0 Å². The van der Waals surface area contributed by atoms with Crippen LogP contribution in [-0.4, -0.2) is 49.6 Å². The molecule has 6 nitrogen and oxygen atoms in total. The van der Waals surface area contributed by atoms with Crippen LogP contribution >= 0.6 is 11.8 Å². The zero-order valence-corrected chi connectivity index (χ0v) is 18.3. The first-order valence-electron chi connectivity index (χ1n) is 10.2. The fourth-order valence-electron chi connectivity index (χ4n) is 3.50. The van der Waals surface area contributed by atoms with E-state index < -0.39 is 0 Å². The molecule has 30 heavy (non-hydrogen) atoms. The molecule has 0 atom stereocenters. The summed E-state index contributed by atoms with van der Waals surface area (Å²) in [6.07, 6.45) is 1.83. The minimum atomic E-state index is -0.0915. The van der Waals surface area contributed by atoms with Crippen molar-refractivity contribution in [1.82, 2.24) is 5.32 Å². The number of piperidine rings is 1. The van der Waals surface area contributed by atoms with Crippen LogP contribution in [0.5, 0.6) is 5.75 Å². The van der Waals surface area contributed by atoms with Crippen molar-refractivity contribution < 1.29 is 14.3 Å². The maximum absolute atomic E-state index is 12.2. The number of ether oxygens (including phenoxy) is 1. The SMILES string of the molecule is COc1ccc(N2CCC(NC(=O)CSCC(=O)Nc3cccc(C)c3)CC2)cc1. The number of carbonyl (C=O) groups excluding carboxylic acids is 2. The average Bonchev–Trinajstić information content (AvgIpc) is 2.74. The van der Waals surface area contributed by atoms with Crippen LogP contribution in [0.3, 0.4) is 0 Å². The van der Waals surface area contributed by atoms with Gasteiger partial charge in [0.05, 0.1) is 18.6 Å². The monoisotopic (exact) mass is 427 g/mol. The highest BCUT2D eigenvalue weighted by molar-refractivity contribution is 8.00. The smallest absolute Gasteiger partial charge is 0.234 e. The van der Waals surface area contributed by atoms with Gasteiger partial charge < -0.3 is 20.3 Å². The summed E-state index contributed by atoms with van der Waals surface area (Å²) in [7, 11) is 1.66. The number of rotatable bonds is 8. The Labute approximate surface area is 182 Å². The van der Waals surface area contributed by atoms with Crippen molar-refractivity contribution in [2.45, 2.75) is 25.8 Å². The van der Waals surface area contributed by atoms with E-state index in [0.29, 0.717) is 5.75 Å². The predicted octanol–water partition coefficient (Wildman–Crippen LogP) is 3.46. The molecule has 2 aromatic carbocycles. The summed E-state index contributed by atoms with van der Waals surface area (Å²) in [4.78, 5) is 26.6. The number of amides is 2. The van der Waals surface area contributed by atoms with E-state index in [4.69, 9.17) is 4.74 Å². The molecule has 1 saturated heterocycles. The molecule has 7 heteroatoms. The van der Waals surface area contributed by atoms with Crippen LogP contribution in [0.15, 0.2) is 48.5 Å². The van der Waals surface area contributed by atoms with E-state index in [0.717, 1.165) is 42.9 Å². The molecule has 0 bridgehead atoms. The Morgan fingerprint density at radius 1 is 1.07 bits per heavy atom. The number of hydrogen-bond acceptors (Lipinski definition) is 5. The van der Waals surface area contributed by atoms with Gasteiger partial charge in [-0.25, -0.2) is 0 Å². The summed E-state index contributed by atoms with van der Waals surface area (Å²) in [5, 5.41) is 5.96. The lowest BCUT2D eigenvalue weighted by Crippen LogP contribution is -2.45. The molecule has 2 N–H and O–H groups in total. The number of aryl methyl sites for hydroxylation is 1. The zero-order valence-electron chi connectivity index (χ0n) is 17.5. The van der Waals surface area contributed by atoms with Gasteiger partial charge in [0.1, 0.15) is 5.75 Å². The summed E-state index contributed by atoms with van der Waals surface area (Å²) in [6, 6.07) is 15.9. The Morgan fingerprint density at radius 3 is 2.43 bits per heavy atom. The van der Waals surface area contributed by atoms with E-state index in [9.17, 15) is 9.59 Å². The van der Waals surface area contributed by atoms with Gasteiger partial charge in [-0.05, 0) is 61.7 Å². The lowest BCUT2D eigenvalue weighted by atomic mass is 10.0. The molecule has 0 saturated carbocycles. The van der Waals surface area contributed by atoms with E-state index in [-0.39, 0.29) is 23.6 Å². The van der Waals surface area contributed by atoms with Crippen LogP contribution in [-0.2, 0) is 9.59 Å². The fourth-order valence-corrected chi connectivity index (χ4v) is 4.13. The maximum atomic E-state index is 12.2. The first-order chi connectivity index (χ1) is 14.5. The second kappa shape index (κ2) is 10.9. The third kappa shape index (κ3) is 6.69. The highest BCUT2D eigenvalue weighted by Crippen LogP contribution is 2.23. The van der Waals surface area contributed by atoms with E-state index >= 15 is 0 Å². The molecule has 0 spiro atoms. The molecule has 0 radical (unpaired) electrons. The van der Waals surface area contributed by atoms with Gasteiger partial charge in [-0.3, -0.25) is 9.59 Å². The van der Waals surface area contributed by atoms with Gasteiger partial charge in [0.25, 0.3) is 0 Å². The van der Waals surface area contributed by atoms with E-state index in [1.807, 2.05) is 43.3 Å². The number of thioether (sulfide) groups is 1. The Kier molecular flexibility index (Phi) is 8.02. The molecule has 2 aromatic rings. The third-order valence-corrected chi connectivity index (χ3v) is 6.00. The van der Waals surface area contributed by atoms with Gasteiger partial charge in [-0.2, -0.15) is 0 Å². The topological polar surface area (TPSA) is 70.7 Å². The molecule has 3 rings (SSSR count). The lowest BCUT2D eigenvalue weighted by Gasteiger charge is -2.34. The van der Waals surface area contributed by atoms with Gasteiger partial charge in [0.2, 0.25) is 11.8 Å². The Bertz CT molecular complexity index is 849. The number of benzene rings is 2. The van der Waals surface area contributed by atoms with Gasteiger partial charge in [-0.1, -0.05) is 12.1 Å². The molecular weight excluding hydrogens is 398 g/mol. The third-order valence-electron chi connectivity index (χ3n) is 5.07. The summed E-state index contributed by atoms with van der Waals surface area (Å²) in [5.74, 6) is 1.31. The molecule has 0 unspecified atom stereocenters. The summed E-state index contributed by atoms with van der Waals surface area (Å²) < 4.78 is 5.21. The number of nitrogens with zero attached hydrogens (tertiary/aromatic N) is 1. The summed E-state index contributed by atoms with van der Waals surface area (Å²) in [6.45, 7) is 3.79. The normalized spacial score (nSPS) is 14.3. The van der Waals surface area contributed by atoms with Crippen molar-refractivity contribution in [3.05, 3.63) is 54.1 Å². The summed E-state index contributed by atoms with van der Waals surface area (Å²) in [5.41, 5.74) is 3.06. The largest absolute Gasteiger partial charge is 0.497 e. The molecule has 1 aliphatic rings. The van der Waals surface area contributed by atoms with Crippen LogP contribution in [0.1, 0.15) is 18.4 Å². The molecule has 0 aromatic heterocycles. The van der Waals surface area contributed by atoms with Gasteiger partial charge in [-0.15, -0.1) is 11.8 Å². The number of carbonyl (C=O) groups is 2. The molecule has 2 amide bonds.